The molecule has 0 spiro atoms. The van der Waals surface area contributed by atoms with Crippen molar-refractivity contribution in [2.24, 2.45) is 5.73 Å². The van der Waals surface area contributed by atoms with Crippen molar-refractivity contribution in [3.63, 3.8) is 0 Å². The molecule has 0 unspecified atom stereocenters. The summed E-state index contributed by atoms with van der Waals surface area (Å²) in [6, 6.07) is 0. The summed E-state index contributed by atoms with van der Waals surface area (Å²) in [4.78, 5) is 6.44. The maximum Gasteiger partial charge on any atom is 0.205 e. The summed E-state index contributed by atoms with van der Waals surface area (Å²) in [6.45, 7) is 6.57. The van der Waals surface area contributed by atoms with Crippen molar-refractivity contribution in [2.75, 3.05) is 18.0 Å². The van der Waals surface area contributed by atoms with Crippen LogP contribution in [0.2, 0.25) is 0 Å². The first-order chi connectivity index (χ1) is 5.81. The van der Waals surface area contributed by atoms with Crippen LogP contribution in [0.3, 0.4) is 0 Å². The van der Waals surface area contributed by atoms with Gasteiger partial charge in [-0.05, 0) is 13.8 Å². The SMILES string of the molecule is CCN(CC)c1nc(CN)ns1. The molecular formula is C7H14N4S. The molecule has 1 rings (SSSR count). The van der Waals surface area contributed by atoms with Crippen molar-refractivity contribution in [2.45, 2.75) is 20.4 Å². The van der Waals surface area contributed by atoms with E-state index in [1.54, 1.807) is 0 Å². The molecule has 0 atom stereocenters. The molecule has 12 heavy (non-hydrogen) atoms. The highest BCUT2D eigenvalue weighted by atomic mass is 32.1. The molecule has 0 aliphatic heterocycles. The Morgan fingerprint density at radius 1 is 1.42 bits per heavy atom. The largest absolute Gasteiger partial charge is 0.347 e. The van der Waals surface area contributed by atoms with Crippen molar-refractivity contribution in [3.05, 3.63) is 5.82 Å². The number of hydrogen-bond acceptors (Lipinski definition) is 5. The van der Waals surface area contributed by atoms with Crippen LogP contribution in [-0.2, 0) is 6.54 Å². The molecule has 1 aromatic heterocycles. The predicted octanol–water partition coefficient (Wildman–Crippen LogP) is 0.843. The normalized spacial score (nSPS) is 10.2. The van der Waals surface area contributed by atoms with E-state index in [0.29, 0.717) is 6.54 Å². The van der Waals surface area contributed by atoms with Gasteiger partial charge in [-0.3, -0.25) is 0 Å². The van der Waals surface area contributed by atoms with E-state index in [9.17, 15) is 0 Å². The van der Waals surface area contributed by atoms with Crippen LogP contribution in [0.25, 0.3) is 0 Å². The van der Waals surface area contributed by atoms with E-state index in [4.69, 9.17) is 5.73 Å². The smallest absolute Gasteiger partial charge is 0.205 e. The van der Waals surface area contributed by atoms with Crippen molar-refractivity contribution < 1.29 is 0 Å². The van der Waals surface area contributed by atoms with Crippen LogP contribution < -0.4 is 10.6 Å². The molecule has 0 aliphatic carbocycles. The summed E-state index contributed by atoms with van der Waals surface area (Å²) in [6.07, 6.45) is 0. The standard InChI is InChI=1S/C7H14N4S/c1-3-11(4-2)7-9-6(5-8)10-12-7/h3-5,8H2,1-2H3. The Labute approximate surface area is 76.6 Å². The Balaban J connectivity index is 2.72. The van der Waals surface area contributed by atoms with E-state index in [0.717, 1.165) is 24.0 Å². The van der Waals surface area contributed by atoms with Gasteiger partial charge in [-0.25, -0.2) is 4.98 Å². The zero-order valence-electron chi connectivity index (χ0n) is 7.45. The van der Waals surface area contributed by atoms with Crippen molar-refractivity contribution in [3.8, 4) is 0 Å². The van der Waals surface area contributed by atoms with Crippen LogP contribution in [0.1, 0.15) is 19.7 Å². The van der Waals surface area contributed by atoms with Crippen LogP contribution in [0, 0.1) is 0 Å². The van der Waals surface area contributed by atoms with Gasteiger partial charge in [0.15, 0.2) is 5.82 Å². The fourth-order valence-electron chi connectivity index (χ4n) is 0.950. The first kappa shape index (κ1) is 9.41. The summed E-state index contributed by atoms with van der Waals surface area (Å²) in [7, 11) is 0. The van der Waals surface area contributed by atoms with E-state index in [2.05, 4.69) is 28.1 Å². The number of hydrogen-bond donors (Lipinski definition) is 1. The Bertz CT molecular complexity index is 231. The van der Waals surface area contributed by atoms with Crippen molar-refractivity contribution >= 4 is 16.7 Å². The molecule has 1 heterocycles. The lowest BCUT2D eigenvalue weighted by Crippen LogP contribution is -2.21. The maximum absolute atomic E-state index is 5.41. The number of nitrogens with zero attached hydrogens (tertiary/aromatic N) is 3. The molecule has 2 N–H and O–H groups in total. The molecule has 4 nitrogen and oxygen atoms in total. The van der Waals surface area contributed by atoms with Gasteiger partial charge in [0.25, 0.3) is 0 Å². The number of rotatable bonds is 4. The van der Waals surface area contributed by atoms with Gasteiger partial charge in [-0.2, -0.15) is 4.37 Å². The molecule has 68 valence electrons. The van der Waals surface area contributed by atoms with E-state index < -0.39 is 0 Å². The van der Waals surface area contributed by atoms with E-state index in [1.807, 2.05) is 0 Å². The molecule has 5 heteroatoms. The molecule has 0 radical (unpaired) electrons. The summed E-state index contributed by atoms with van der Waals surface area (Å²) >= 11 is 1.42. The molecule has 0 aliphatic rings. The van der Waals surface area contributed by atoms with Gasteiger partial charge in [-0.1, -0.05) is 0 Å². The minimum Gasteiger partial charge on any atom is -0.347 e. The minimum absolute atomic E-state index is 0.428. The average molecular weight is 186 g/mol. The number of aromatic nitrogens is 2. The first-order valence-electron chi connectivity index (χ1n) is 4.09. The Morgan fingerprint density at radius 2 is 2.08 bits per heavy atom. The van der Waals surface area contributed by atoms with Gasteiger partial charge in [0.05, 0.1) is 6.54 Å². The molecule has 0 fully saturated rings. The molecule has 0 saturated carbocycles. The summed E-state index contributed by atoms with van der Waals surface area (Å²) in [5.74, 6) is 0.738. The lowest BCUT2D eigenvalue weighted by atomic mass is 10.5. The summed E-state index contributed by atoms with van der Waals surface area (Å²) < 4.78 is 4.12. The van der Waals surface area contributed by atoms with Gasteiger partial charge in [0, 0.05) is 24.6 Å². The Kier molecular flexibility index (Phi) is 3.43. The second-order valence-electron chi connectivity index (χ2n) is 2.37. The topological polar surface area (TPSA) is 55.0 Å². The van der Waals surface area contributed by atoms with Crippen LogP contribution >= 0.6 is 11.5 Å². The highest BCUT2D eigenvalue weighted by molar-refractivity contribution is 7.09. The third-order valence-corrected chi connectivity index (χ3v) is 2.49. The third-order valence-electron chi connectivity index (χ3n) is 1.67. The number of nitrogens with two attached hydrogens (primary N) is 1. The Hall–Kier alpha value is -0.680. The predicted molar refractivity (Wildman–Crippen MR) is 51.4 cm³/mol. The molecule has 0 saturated heterocycles. The fourth-order valence-corrected chi connectivity index (χ4v) is 1.77. The maximum atomic E-state index is 5.41. The molecule has 1 aromatic rings. The number of anilines is 1. The highest BCUT2D eigenvalue weighted by Crippen LogP contribution is 2.15. The summed E-state index contributed by atoms with van der Waals surface area (Å²) in [5, 5.41) is 0.973. The second kappa shape index (κ2) is 4.37. The second-order valence-corrected chi connectivity index (χ2v) is 3.10. The van der Waals surface area contributed by atoms with Crippen LogP contribution in [0.15, 0.2) is 0 Å². The molecule has 0 amide bonds. The van der Waals surface area contributed by atoms with Crippen LogP contribution in [0.5, 0.6) is 0 Å². The molecular weight excluding hydrogens is 172 g/mol. The third kappa shape index (κ3) is 1.92. The van der Waals surface area contributed by atoms with Gasteiger partial charge in [-0.15, -0.1) is 0 Å². The Morgan fingerprint density at radius 3 is 2.50 bits per heavy atom. The van der Waals surface area contributed by atoms with E-state index >= 15 is 0 Å². The fraction of sp³-hybridized carbons (Fsp3) is 0.714. The zero-order valence-corrected chi connectivity index (χ0v) is 8.27. The van der Waals surface area contributed by atoms with Gasteiger partial charge in [0.1, 0.15) is 0 Å². The molecule has 0 bridgehead atoms. The van der Waals surface area contributed by atoms with E-state index in [1.165, 1.54) is 11.5 Å². The lowest BCUT2D eigenvalue weighted by Gasteiger charge is -2.15. The van der Waals surface area contributed by atoms with Crippen LogP contribution in [0.4, 0.5) is 5.13 Å². The highest BCUT2D eigenvalue weighted by Gasteiger charge is 2.07. The first-order valence-corrected chi connectivity index (χ1v) is 4.86. The van der Waals surface area contributed by atoms with E-state index in [-0.39, 0.29) is 0 Å². The quantitative estimate of drug-likeness (QED) is 0.757. The van der Waals surface area contributed by atoms with Gasteiger partial charge in [0.2, 0.25) is 5.13 Å². The van der Waals surface area contributed by atoms with Gasteiger partial charge < -0.3 is 10.6 Å². The van der Waals surface area contributed by atoms with Crippen molar-refractivity contribution in [1.82, 2.24) is 9.36 Å². The van der Waals surface area contributed by atoms with Crippen LogP contribution in [-0.4, -0.2) is 22.4 Å². The monoisotopic (exact) mass is 186 g/mol. The zero-order chi connectivity index (χ0) is 8.97. The van der Waals surface area contributed by atoms with Gasteiger partial charge >= 0.3 is 0 Å². The average Bonchev–Trinajstić information content (AvgIpc) is 2.55. The summed E-state index contributed by atoms with van der Waals surface area (Å²) in [5.41, 5.74) is 5.41. The lowest BCUT2D eigenvalue weighted by molar-refractivity contribution is 0.848. The van der Waals surface area contributed by atoms with Crippen molar-refractivity contribution in [1.29, 1.82) is 0 Å². The molecule has 0 aromatic carbocycles. The minimum atomic E-state index is 0.428.